The molecule has 0 aliphatic rings. The number of benzene rings is 2. The van der Waals surface area contributed by atoms with Crippen molar-refractivity contribution in [2.45, 2.75) is 18.4 Å². The lowest BCUT2D eigenvalue weighted by Crippen LogP contribution is -2.19. The van der Waals surface area contributed by atoms with E-state index in [9.17, 15) is 23.3 Å². The molecule has 11 heteroatoms. The SMILES string of the molecule is COCCn1c(=NC(=O)c2cccc([N+](=O)[O-])c2C)sc2cc(S(C)(=O)=O)ccc21. The number of nitrogens with zero attached hydrogens (tertiary/aromatic N) is 3. The molecule has 3 aromatic rings. The van der Waals surface area contributed by atoms with E-state index in [-0.39, 0.29) is 21.7 Å². The Kier molecular flexibility index (Phi) is 6.15. The number of carbonyl (C=O) groups is 1. The van der Waals surface area contributed by atoms with Crippen molar-refractivity contribution in [1.82, 2.24) is 4.57 Å². The fourth-order valence-electron chi connectivity index (χ4n) is 2.97. The van der Waals surface area contributed by atoms with E-state index in [1.165, 1.54) is 42.5 Å². The molecule has 0 atom stereocenters. The summed E-state index contributed by atoms with van der Waals surface area (Å²) < 4.78 is 31.3. The van der Waals surface area contributed by atoms with E-state index >= 15 is 0 Å². The quantitative estimate of drug-likeness (QED) is 0.421. The van der Waals surface area contributed by atoms with E-state index < -0.39 is 20.7 Å². The molecule has 0 spiro atoms. The number of nitro benzene ring substituents is 1. The molecule has 0 radical (unpaired) electrons. The summed E-state index contributed by atoms with van der Waals surface area (Å²) in [7, 11) is -1.84. The second-order valence-corrected chi connectivity index (χ2v) is 9.58. The Hall–Kier alpha value is -2.89. The number of thiazole rings is 1. The zero-order valence-electron chi connectivity index (χ0n) is 16.5. The number of amides is 1. The number of sulfone groups is 1. The Morgan fingerprint density at radius 1 is 1.30 bits per heavy atom. The fraction of sp³-hybridized carbons (Fsp3) is 0.263. The van der Waals surface area contributed by atoms with E-state index in [1.54, 1.807) is 23.8 Å². The lowest BCUT2D eigenvalue weighted by molar-refractivity contribution is -0.385. The van der Waals surface area contributed by atoms with Gasteiger partial charge in [0, 0.05) is 31.5 Å². The standard InChI is InChI=1S/C19H19N3O6S2/c1-12-14(5-4-6-15(12)22(24)25)18(23)20-19-21(9-10-28-2)16-8-7-13(30(3,26)27)11-17(16)29-19/h4-8,11H,9-10H2,1-3H3. The van der Waals surface area contributed by atoms with Gasteiger partial charge >= 0.3 is 0 Å². The first-order valence-corrected chi connectivity index (χ1v) is 11.5. The van der Waals surface area contributed by atoms with Crippen molar-refractivity contribution in [2.75, 3.05) is 20.0 Å². The van der Waals surface area contributed by atoms with Crippen molar-refractivity contribution in [3.63, 3.8) is 0 Å². The molecular formula is C19H19N3O6S2. The van der Waals surface area contributed by atoms with Gasteiger partial charge in [-0.3, -0.25) is 14.9 Å². The molecule has 0 N–H and O–H groups in total. The number of aromatic nitrogens is 1. The van der Waals surface area contributed by atoms with Crippen LogP contribution in [0.15, 0.2) is 46.3 Å². The summed E-state index contributed by atoms with van der Waals surface area (Å²) in [4.78, 5) is 28.1. The van der Waals surface area contributed by atoms with Gasteiger partial charge in [0.05, 0.1) is 32.2 Å². The molecule has 0 fully saturated rings. The molecule has 0 saturated carbocycles. The van der Waals surface area contributed by atoms with Crippen LogP contribution in [0.25, 0.3) is 10.2 Å². The number of ether oxygens (including phenoxy) is 1. The molecule has 158 valence electrons. The number of nitro groups is 1. The molecule has 0 unspecified atom stereocenters. The van der Waals surface area contributed by atoms with Crippen LogP contribution in [0.3, 0.4) is 0 Å². The Labute approximate surface area is 176 Å². The molecular weight excluding hydrogens is 430 g/mol. The van der Waals surface area contributed by atoms with E-state index in [2.05, 4.69) is 4.99 Å². The van der Waals surface area contributed by atoms with Crippen LogP contribution in [0.4, 0.5) is 5.69 Å². The van der Waals surface area contributed by atoms with Crippen molar-refractivity contribution in [3.05, 3.63) is 62.4 Å². The molecule has 0 bridgehead atoms. The van der Waals surface area contributed by atoms with Gasteiger partial charge in [0.25, 0.3) is 11.6 Å². The van der Waals surface area contributed by atoms with Crippen molar-refractivity contribution < 1.29 is 22.9 Å². The van der Waals surface area contributed by atoms with Gasteiger partial charge in [-0.1, -0.05) is 17.4 Å². The van der Waals surface area contributed by atoms with Crippen molar-refractivity contribution in [3.8, 4) is 0 Å². The van der Waals surface area contributed by atoms with Gasteiger partial charge in [-0.25, -0.2) is 8.42 Å². The normalized spacial score (nSPS) is 12.4. The van der Waals surface area contributed by atoms with Gasteiger partial charge in [0.15, 0.2) is 14.6 Å². The van der Waals surface area contributed by atoms with E-state index in [4.69, 9.17) is 4.74 Å². The molecule has 0 aliphatic carbocycles. The average Bonchev–Trinajstić information content (AvgIpc) is 3.01. The highest BCUT2D eigenvalue weighted by Crippen LogP contribution is 2.23. The second-order valence-electron chi connectivity index (χ2n) is 6.55. The molecule has 3 rings (SSSR count). The zero-order chi connectivity index (χ0) is 22.1. The van der Waals surface area contributed by atoms with Crippen LogP contribution in [-0.4, -0.2) is 43.8 Å². The fourth-order valence-corrected chi connectivity index (χ4v) is 4.78. The Bertz CT molecular complexity index is 1320. The zero-order valence-corrected chi connectivity index (χ0v) is 18.1. The Morgan fingerprint density at radius 2 is 2.03 bits per heavy atom. The first-order chi connectivity index (χ1) is 14.1. The summed E-state index contributed by atoms with van der Waals surface area (Å²) in [6.07, 6.45) is 1.13. The first kappa shape index (κ1) is 21.8. The summed E-state index contributed by atoms with van der Waals surface area (Å²) >= 11 is 1.17. The van der Waals surface area contributed by atoms with E-state index in [0.29, 0.717) is 28.2 Å². The molecule has 2 aromatic carbocycles. The van der Waals surface area contributed by atoms with Gasteiger partial charge in [-0.15, -0.1) is 0 Å². The molecule has 1 heterocycles. The number of hydrogen-bond donors (Lipinski definition) is 0. The van der Waals surface area contributed by atoms with Gasteiger partial charge in [0.1, 0.15) is 0 Å². The van der Waals surface area contributed by atoms with Crippen LogP contribution in [0.1, 0.15) is 15.9 Å². The summed E-state index contributed by atoms with van der Waals surface area (Å²) in [5.41, 5.74) is 0.932. The third-order valence-electron chi connectivity index (χ3n) is 4.53. The monoisotopic (exact) mass is 449 g/mol. The Balaban J connectivity index is 2.18. The highest BCUT2D eigenvalue weighted by molar-refractivity contribution is 7.90. The van der Waals surface area contributed by atoms with Gasteiger partial charge in [-0.2, -0.15) is 4.99 Å². The maximum absolute atomic E-state index is 12.8. The van der Waals surface area contributed by atoms with Gasteiger partial charge in [-0.05, 0) is 31.2 Å². The van der Waals surface area contributed by atoms with E-state index in [0.717, 1.165) is 6.26 Å². The van der Waals surface area contributed by atoms with Gasteiger partial charge in [0.2, 0.25) is 0 Å². The third-order valence-corrected chi connectivity index (χ3v) is 6.68. The maximum Gasteiger partial charge on any atom is 0.280 e. The molecule has 9 nitrogen and oxygen atoms in total. The molecule has 1 aromatic heterocycles. The molecule has 0 aliphatic heterocycles. The summed E-state index contributed by atoms with van der Waals surface area (Å²) in [5.74, 6) is -0.614. The Morgan fingerprint density at radius 3 is 2.67 bits per heavy atom. The summed E-state index contributed by atoms with van der Waals surface area (Å²) in [5, 5.41) is 11.2. The van der Waals surface area contributed by atoms with Crippen LogP contribution >= 0.6 is 11.3 Å². The van der Waals surface area contributed by atoms with Gasteiger partial charge < -0.3 is 9.30 Å². The number of methoxy groups -OCH3 is 1. The van der Waals surface area contributed by atoms with Crippen LogP contribution in [0.5, 0.6) is 0 Å². The number of carbonyl (C=O) groups excluding carboxylic acids is 1. The minimum Gasteiger partial charge on any atom is -0.383 e. The smallest absolute Gasteiger partial charge is 0.280 e. The minimum atomic E-state index is -3.39. The lowest BCUT2D eigenvalue weighted by Gasteiger charge is -2.05. The second kappa shape index (κ2) is 8.46. The van der Waals surface area contributed by atoms with Crippen LogP contribution in [0, 0.1) is 17.0 Å². The third kappa shape index (κ3) is 4.32. The molecule has 30 heavy (non-hydrogen) atoms. The predicted molar refractivity (Wildman–Crippen MR) is 113 cm³/mol. The summed E-state index contributed by atoms with van der Waals surface area (Å²) in [6, 6.07) is 8.97. The molecule has 0 saturated heterocycles. The first-order valence-electron chi connectivity index (χ1n) is 8.79. The highest BCUT2D eigenvalue weighted by Gasteiger charge is 2.18. The topological polar surface area (TPSA) is 121 Å². The minimum absolute atomic E-state index is 0.136. The average molecular weight is 450 g/mol. The maximum atomic E-state index is 12.8. The van der Waals surface area contributed by atoms with E-state index in [1.807, 2.05) is 0 Å². The van der Waals surface area contributed by atoms with Crippen LogP contribution in [0.2, 0.25) is 0 Å². The van der Waals surface area contributed by atoms with Crippen LogP contribution in [-0.2, 0) is 21.1 Å². The van der Waals surface area contributed by atoms with Crippen LogP contribution < -0.4 is 4.80 Å². The molecule has 1 amide bonds. The summed E-state index contributed by atoms with van der Waals surface area (Å²) in [6.45, 7) is 2.26. The number of hydrogen-bond acceptors (Lipinski definition) is 7. The lowest BCUT2D eigenvalue weighted by atomic mass is 10.1. The highest BCUT2D eigenvalue weighted by atomic mass is 32.2. The van der Waals surface area contributed by atoms with Crippen molar-refractivity contribution in [2.24, 2.45) is 4.99 Å². The van der Waals surface area contributed by atoms with Crippen molar-refractivity contribution in [1.29, 1.82) is 0 Å². The number of rotatable bonds is 6. The largest absolute Gasteiger partial charge is 0.383 e. The number of fused-ring (bicyclic) bond motifs is 1. The van der Waals surface area contributed by atoms with Crippen molar-refractivity contribution >= 4 is 43.0 Å². The predicted octanol–water partition coefficient (Wildman–Crippen LogP) is 2.71.